The summed E-state index contributed by atoms with van der Waals surface area (Å²) in [5.74, 6) is 0. The molecule has 0 unspecified atom stereocenters. The third-order valence-electron chi connectivity index (χ3n) is 3.54. The minimum atomic E-state index is -0.446. The van der Waals surface area contributed by atoms with E-state index in [9.17, 15) is 4.79 Å². The summed E-state index contributed by atoms with van der Waals surface area (Å²) in [5.41, 5.74) is 0. The van der Waals surface area contributed by atoms with E-state index >= 15 is 0 Å². The summed E-state index contributed by atoms with van der Waals surface area (Å²) in [5, 5.41) is 4.19. The van der Waals surface area contributed by atoms with E-state index in [0.717, 1.165) is 6.29 Å². The van der Waals surface area contributed by atoms with Gasteiger partial charge in [-0.3, -0.25) is 4.79 Å². The van der Waals surface area contributed by atoms with Crippen LogP contribution in [0, 0.1) is 13.3 Å². The van der Waals surface area contributed by atoms with E-state index in [4.69, 9.17) is 9.30 Å². The number of rotatable bonds is 5. The second-order valence-electron chi connectivity index (χ2n) is 5.39. The van der Waals surface area contributed by atoms with Crippen LogP contribution in [0.3, 0.4) is 0 Å². The summed E-state index contributed by atoms with van der Waals surface area (Å²) in [6.07, 6.45) is 7.54. The topological polar surface area (TPSA) is 56.9 Å². The van der Waals surface area contributed by atoms with Crippen molar-refractivity contribution in [1.82, 2.24) is 0 Å². The maximum atomic E-state index is 9.56. The van der Waals surface area contributed by atoms with E-state index in [1.165, 1.54) is 22.0 Å². The van der Waals surface area contributed by atoms with Crippen LogP contribution in [-0.2, 0) is 31.2 Å². The molecule has 0 aromatic heterocycles. The predicted octanol–water partition coefficient (Wildman–Crippen LogP) is 4.68. The van der Waals surface area contributed by atoms with Gasteiger partial charge in [-0.05, 0) is 36.8 Å². The van der Waals surface area contributed by atoms with Crippen LogP contribution in [0.4, 0.5) is 0 Å². The van der Waals surface area contributed by atoms with Crippen LogP contribution in [-0.4, -0.2) is 6.29 Å². The van der Waals surface area contributed by atoms with Gasteiger partial charge in [0, 0.05) is 17.1 Å². The van der Waals surface area contributed by atoms with Crippen molar-refractivity contribution in [2.24, 2.45) is 0 Å². The molecule has 0 aliphatic heterocycles. The maximum Gasteiger partial charge on any atom is 0 e. The molecule has 0 heterocycles. The largest absolute Gasteiger partial charge is 0.0622 e. The molecule has 0 amide bonds. The molecule has 3 rings (SSSR count). The van der Waals surface area contributed by atoms with E-state index < -0.39 is 7.92 Å². The van der Waals surface area contributed by atoms with Gasteiger partial charge < -0.3 is 0 Å². The number of carbonyl (C=O) groups excluding carboxylic acids is 1. The molecule has 0 atom stereocenters. The van der Waals surface area contributed by atoms with Gasteiger partial charge in [-0.25, -0.2) is 0 Å². The van der Waals surface area contributed by atoms with Crippen LogP contribution in [0.15, 0.2) is 115 Å². The van der Waals surface area contributed by atoms with Gasteiger partial charge in [-0.15, -0.1) is 0 Å². The normalized spacial score (nSPS) is 9.10. The Kier molecular flexibility index (Phi) is 21.5. The van der Waals surface area contributed by atoms with Crippen molar-refractivity contribution in [2.45, 2.75) is 6.92 Å². The van der Waals surface area contributed by atoms with Crippen LogP contribution in [0.25, 0.3) is 0 Å². The molecule has 3 aromatic rings. The molecule has 0 fully saturated rings. The van der Waals surface area contributed by atoms with Crippen LogP contribution in [0.1, 0.15) is 6.92 Å². The Labute approximate surface area is 196 Å². The minimum absolute atomic E-state index is 0. The molecular weight excluding hydrogens is 447 g/mol. The quantitative estimate of drug-likeness (QED) is 0.102. The van der Waals surface area contributed by atoms with Gasteiger partial charge >= 0.3 is 22.6 Å². The summed E-state index contributed by atoms with van der Waals surface area (Å²) in [6.45, 7) is 10.9. The summed E-state index contributed by atoms with van der Waals surface area (Å²) in [6, 6.07) is 32.3. The number of hydrogen-bond acceptors (Lipinski definition) is 1. The average Bonchev–Trinajstić information content (AvgIpc) is 2.85. The summed E-state index contributed by atoms with van der Waals surface area (Å²) in [7, 11) is -0.446. The minimum Gasteiger partial charge on any atom is -0.0622 e. The van der Waals surface area contributed by atoms with E-state index in [1.54, 1.807) is 12.2 Å². The maximum absolute atomic E-state index is 9.56. The van der Waals surface area contributed by atoms with E-state index in [0.29, 0.717) is 0 Å². The van der Waals surface area contributed by atoms with E-state index in [2.05, 4.69) is 104 Å². The van der Waals surface area contributed by atoms with Gasteiger partial charge in [0.25, 0.3) is 0 Å². The van der Waals surface area contributed by atoms with Crippen molar-refractivity contribution < 1.29 is 31.2 Å². The fraction of sp³-hybridized carbons (Fsp3) is 0.0385. The molecule has 158 valence electrons. The van der Waals surface area contributed by atoms with Gasteiger partial charge in [0.1, 0.15) is 6.29 Å². The summed E-state index contributed by atoms with van der Waals surface area (Å²) >= 11 is 0. The molecular formula is C26H23FeO3P. The Bertz CT molecular complexity index is 806. The Morgan fingerprint density at radius 1 is 0.613 bits per heavy atom. The number of aldehydes is 1. The molecule has 5 heteroatoms. The molecule has 0 bridgehead atoms. The van der Waals surface area contributed by atoms with Crippen molar-refractivity contribution in [2.75, 3.05) is 0 Å². The van der Waals surface area contributed by atoms with E-state index in [1.807, 2.05) is 13.0 Å². The SMILES string of the molecule is C/C=C/C=C/C=O.[C-]#[O+].[C-]#[O+].[Fe].c1ccc(P(c2ccccc2)c2ccccc2)cc1. The second kappa shape index (κ2) is 21.9. The summed E-state index contributed by atoms with van der Waals surface area (Å²) < 4.78 is 15.0. The molecule has 3 nitrogen and oxygen atoms in total. The number of benzene rings is 3. The van der Waals surface area contributed by atoms with Crippen molar-refractivity contribution >= 4 is 30.1 Å². The fourth-order valence-corrected chi connectivity index (χ4v) is 4.70. The van der Waals surface area contributed by atoms with Gasteiger partial charge in [-0.2, -0.15) is 0 Å². The first-order chi connectivity index (χ1) is 14.9. The molecule has 0 saturated heterocycles. The zero-order valence-corrected chi connectivity index (χ0v) is 19.1. The van der Waals surface area contributed by atoms with Crippen LogP contribution < -0.4 is 15.9 Å². The molecule has 0 spiro atoms. The second-order valence-corrected chi connectivity index (χ2v) is 7.61. The first kappa shape index (κ1) is 30.4. The van der Waals surface area contributed by atoms with Crippen molar-refractivity contribution in [1.29, 1.82) is 0 Å². The third-order valence-corrected chi connectivity index (χ3v) is 5.98. The molecule has 31 heavy (non-hydrogen) atoms. The summed E-state index contributed by atoms with van der Waals surface area (Å²) in [4.78, 5) is 9.56. The van der Waals surface area contributed by atoms with Gasteiger partial charge in [0.2, 0.25) is 0 Å². The number of hydrogen-bond donors (Lipinski definition) is 0. The average molecular weight is 470 g/mol. The van der Waals surface area contributed by atoms with Gasteiger partial charge in [0.15, 0.2) is 0 Å². The molecule has 0 N–H and O–H groups in total. The van der Waals surface area contributed by atoms with Gasteiger partial charge in [-0.1, -0.05) is 109 Å². The molecule has 0 aliphatic rings. The standard InChI is InChI=1S/C18H15P.C6H8O.2CO.Fe/c1-4-10-16(11-5-1)19(17-12-6-2-7-13-17)18-14-8-3-9-15-18;1-2-3-4-5-6-7;2*1-2;/h1-15H;2-6H,1H3;;;/b;3-2+,5-4+;;;. The molecule has 3 aromatic carbocycles. The first-order valence-corrected chi connectivity index (χ1v) is 10.3. The zero-order valence-electron chi connectivity index (χ0n) is 17.1. The Hall–Kier alpha value is -2.76. The van der Waals surface area contributed by atoms with E-state index in [-0.39, 0.29) is 17.1 Å². The third kappa shape index (κ3) is 12.5. The number of carbonyl (C=O) groups is 1. The van der Waals surface area contributed by atoms with Crippen LogP contribution in [0.5, 0.6) is 0 Å². The predicted molar refractivity (Wildman–Crippen MR) is 123 cm³/mol. The molecule has 0 radical (unpaired) electrons. The fourth-order valence-electron chi connectivity index (χ4n) is 2.40. The van der Waals surface area contributed by atoms with Crippen molar-refractivity contribution in [3.63, 3.8) is 0 Å². The first-order valence-electron chi connectivity index (χ1n) is 8.96. The Morgan fingerprint density at radius 3 is 1.19 bits per heavy atom. The molecule has 0 aliphatic carbocycles. The zero-order chi connectivity index (χ0) is 22.5. The van der Waals surface area contributed by atoms with Gasteiger partial charge in [0.05, 0.1) is 0 Å². The smallest absolute Gasteiger partial charge is 0 e. The van der Waals surface area contributed by atoms with Crippen molar-refractivity contribution in [3.8, 4) is 0 Å². The van der Waals surface area contributed by atoms with Crippen LogP contribution >= 0.6 is 7.92 Å². The Balaban J connectivity index is 0. The number of allylic oxidation sites excluding steroid dienone is 4. The van der Waals surface area contributed by atoms with Crippen LogP contribution in [0.2, 0.25) is 0 Å². The monoisotopic (exact) mass is 470 g/mol. The molecule has 0 saturated carbocycles. The Morgan fingerprint density at radius 2 is 0.935 bits per heavy atom. The van der Waals surface area contributed by atoms with Crippen molar-refractivity contribution in [3.05, 3.63) is 129 Å².